The molecule has 0 amide bonds. The fraction of sp³-hybridized carbons (Fsp3) is 0.854. The van der Waals surface area contributed by atoms with Crippen LogP contribution < -0.4 is 0 Å². The molecule has 0 aliphatic rings. The Morgan fingerprint density at radius 1 is 0.520 bits per heavy atom. The maximum absolute atomic E-state index is 12.5. The van der Waals surface area contributed by atoms with Gasteiger partial charge in [0.05, 0.1) is 13.2 Å². The highest BCUT2D eigenvalue weighted by atomic mass is 31.2. The molecule has 2 atom stereocenters. The molecule has 0 aliphatic carbocycles. The lowest BCUT2D eigenvalue weighted by Gasteiger charge is -2.19. The zero-order valence-corrected chi connectivity index (χ0v) is 33.5. The molecule has 0 saturated heterocycles. The van der Waals surface area contributed by atoms with Crippen molar-refractivity contribution >= 4 is 19.8 Å². The molecule has 0 aromatic heterocycles. The molecule has 1 N–H and O–H groups in total. The van der Waals surface area contributed by atoms with E-state index in [1.54, 1.807) is 6.92 Å². The molecule has 0 aromatic carbocycles. The van der Waals surface area contributed by atoms with Gasteiger partial charge in [0.1, 0.15) is 6.61 Å². The Morgan fingerprint density at radius 2 is 0.900 bits per heavy atom. The van der Waals surface area contributed by atoms with Gasteiger partial charge in [-0.1, -0.05) is 141 Å². The normalized spacial score (nSPS) is 13.6. The number of phosphoric acid groups is 1. The minimum atomic E-state index is -4.28. The summed E-state index contributed by atoms with van der Waals surface area (Å²) in [5.41, 5.74) is 0. The number of unbranched alkanes of at least 4 members (excludes halogenated alkanes) is 22. The Bertz CT molecular complexity index is 875. The van der Waals surface area contributed by atoms with Gasteiger partial charge < -0.3 is 14.4 Å². The van der Waals surface area contributed by atoms with Crippen molar-refractivity contribution in [2.24, 2.45) is 0 Å². The summed E-state index contributed by atoms with van der Waals surface area (Å²) in [5, 5.41) is 0. The first-order valence-corrected chi connectivity index (χ1v) is 22.1. The third-order valence-electron chi connectivity index (χ3n) is 8.73. The molecule has 0 saturated carbocycles. The van der Waals surface area contributed by atoms with E-state index in [0.29, 0.717) is 6.42 Å². The highest BCUT2D eigenvalue weighted by Gasteiger charge is 2.25. The SMILES string of the molecule is CCCCCCCC/C=C\CCCCCCCC(=O)OCC(COP(=O)(O)OCC)OC(=O)CCCCCCC/C=C\CCCCCCCC. The van der Waals surface area contributed by atoms with Crippen LogP contribution in [0.25, 0.3) is 0 Å². The van der Waals surface area contributed by atoms with E-state index in [9.17, 15) is 19.0 Å². The van der Waals surface area contributed by atoms with Gasteiger partial charge in [-0.3, -0.25) is 18.6 Å². The first-order chi connectivity index (χ1) is 24.3. The minimum Gasteiger partial charge on any atom is -0.462 e. The fourth-order valence-corrected chi connectivity index (χ4v) is 6.43. The maximum Gasteiger partial charge on any atom is 0.472 e. The van der Waals surface area contributed by atoms with Crippen molar-refractivity contribution in [3.8, 4) is 0 Å². The molecule has 2 unspecified atom stereocenters. The highest BCUT2D eigenvalue weighted by Crippen LogP contribution is 2.43. The molecule has 50 heavy (non-hydrogen) atoms. The third kappa shape index (κ3) is 36.3. The molecule has 0 rings (SSSR count). The summed E-state index contributed by atoms with van der Waals surface area (Å²) < 4.78 is 32.6. The zero-order valence-electron chi connectivity index (χ0n) is 32.6. The number of esters is 2. The molecule has 9 heteroatoms. The Kier molecular flexibility index (Phi) is 36.2. The quantitative estimate of drug-likeness (QED) is 0.0290. The first-order valence-electron chi connectivity index (χ1n) is 20.6. The van der Waals surface area contributed by atoms with E-state index in [1.165, 1.54) is 89.9 Å². The second-order valence-electron chi connectivity index (χ2n) is 13.6. The lowest BCUT2D eigenvalue weighted by atomic mass is 10.1. The van der Waals surface area contributed by atoms with E-state index < -0.39 is 26.5 Å². The van der Waals surface area contributed by atoms with Crippen molar-refractivity contribution in [2.45, 2.75) is 207 Å². The molecule has 0 aliphatic heterocycles. The first kappa shape index (κ1) is 48.5. The topological polar surface area (TPSA) is 108 Å². The van der Waals surface area contributed by atoms with Gasteiger partial charge in [-0.2, -0.15) is 0 Å². The van der Waals surface area contributed by atoms with Crippen LogP contribution in [0.5, 0.6) is 0 Å². The second kappa shape index (κ2) is 37.3. The summed E-state index contributed by atoms with van der Waals surface area (Å²) in [6.45, 7) is 5.45. The number of phosphoric ester groups is 1. The van der Waals surface area contributed by atoms with E-state index >= 15 is 0 Å². The number of hydrogen-bond acceptors (Lipinski definition) is 7. The van der Waals surface area contributed by atoms with Crippen LogP contribution >= 0.6 is 7.82 Å². The van der Waals surface area contributed by atoms with E-state index in [4.69, 9.17) is 18.5 Å². The number of rotatable bonds is 38. The number of carbonyl (C=O) groups excluding carboxylic acids is 2. The smallest absolute Gasteiger partial charge is 0.462 e. The third-order valence-corrected chi connectivity index (χ3v) is 9.79. The van der Waals surface area contributed by atoms with Crippen molar-refractivity contribution in [3.05, 3.63) is 24.3 Å². The summed E-state index contributed by atoms with van der Waals surface area (Å²) in [4.78, 5) is 34.7. The van der Waals surface area contributed by atoms with Crippen molar-refractivity contribution < 1.29 is 37.6 Å². The summed E-state index contributed by atoms with van der Waals surface area (Å²) in [6.07, 6.45) is 39.4. The van der Waals surface area contributed by atoms with Crippen molar-refractivity contribution in [1.29, 1.82) is 0 Å². The molecule has 8 nitrogen and oxygen atoms in total. The molecule has 0 heterocycles. The van der Waals surface area contributed by atoms with Gasteiger partial charge in [0.2, 0.25) is 0 Å². The van der Waals surface area contributed by atoms with E-state index in [1.807, 2.05) is 0 Å². The summed E-state index contributed by atoms with van der Waals surface area (Å²) in [5.74, 6) is -0.813. The summed E-state index contributed by atoms with van der Waals surface area (Å²) >= 11 is 0. The largest absolute Gasteiger partial charge is 0.472 e. The van der Waals surface area contributed by atoms with Gasteiger partial charge in [-0.05, 0) is 71.1 Å². The predicted molar refractivity (Wildman–Crippen MR) is 207 cm³/mol. The average molecular weight is 729 g/mol. The standard InChI is InChI=1S/C41H77O8P/c1-4-7-9-11-13-15-17-19-21-23-25-27-29-31-33-35-40(42)46-37-39(38-48-50(44,45)47-6-3)49-41(43)36-34-32-30-28-26-24-22-20-18-16-14-12-10-8-5-2/h19-22,39H,4-18,23-38H2,1-3H3,(H,44,45)/b21-19-,22-20-. The van der Waals surface area contributed by atoms with E-state index in [2.05, 4.69) is 38.2 Å². The van der Waals surface area contributed by atoms with Crippen LogP contribution in [0.4, 0.5) is 0 Å². The van der Waals surface area contributed by atoms with Gasteiger partial charge in [0.25, 0.3) is 0 Å². The van der Waals surface area contributed by atoms with E-state index in [-0.39, 0.29) is 32.0 Å². The molecule has 0 fully saturated rings. The van der Waals surface area contributed by atoms with Crippen LogP contribution in [-0.2, 0) is 32.7 Å². The molecule has 0 spiro atoms. The molecule has 0 aromatic rings. The van der Waals surface area contributed by atoms with E-state index in [0.717, 1.165) is 70.6 Å². The van der Waals surface area contributed by atoms with Crippen LogP contribution in [0.1, 0.15) is 201 Å². The Hall–Kier alpha value is -1.47. The van der Waals surface area contributed by atoms with Crippen LogP contribution in [0, 0.1) is 0 Å². The molecule has 0 radical (unpaired) electrons. The van der Waals surface area contributed by atoms with Crippen LogP contribution in [0.2, 0.25) is 0 Å². The Labute approximate surface area is 307 Å². The Morgan fingerprint density at radius 3 is 1.32 bits per heavy atom. The van der Waals surface area contributed by atoms with Crippen LogP contribution in [0.15, 0.2) is 24.3 Å². The number of ether oxygens (including phenoxy) is 2. The average Bonchev–Trinajstić information content (AvgIpc) is 3.09. The second-order valence-corrected chi connectivity index (χ2v) is 15.1. The highest BCUT2D eigenvalue weighted by molar-refractivity contribution is 7.47. The van der Waals surface area contributed by atoms with Gasteiger partial charge in [0, 0.05) is 12.8 Å². The molecular formula is C41H77O8P. The minimum absolute atomic E-state index is 0.00134. The van der Waals surface area contributed by atoms with Gasteiger partial charge >= 0.3 is 19.8 Å². The maximum atomic E-state index is 12.5. The van der Waals surface area contributed by atoms with Crippen molar-refractivity contribution in [2.75, 3.05) is 19.8 Å². The number of carbonyl (C=O) groups is 2. The van der Waals surface area contributed by atoms with Crippen molar-refractivity contribution in [3.63, 3.8) is 0 Å². The van der Waals surface area contributed by atoms with Crippen LogP contribution in [0.3, 0.4) is 0 Å². The van der Waals surface area contributed by atoms with Crippen LogP contribution in [-0.4, -0.2) is 42.8 Å². The van der Waals surface area contributed by atoms with Gasteiger partial charge in [-0.15, -0.1) is 0 Å². The summed E-state index contributed by atoms with van der Waals surface area (Å²) in [6, 6.07) is 0. The lowest BCUT2D eigenvalue weighted by Crippen LogP contribution is -2.29. The summed E-state index contributed by atoms with van der Waals surface area (Å²) in [7, 11) is -4.28. The molecule has 294 valence electrons. The zero-order chi connectivity index (χ0) is 36.8. The predicted octanol–water partition coefficient (Wildman–Crippen LogP) is 12.7. The molecular weight excluding hydrogens is 651 g/mol. The van der Waals surface area contributed by atoms with Crippen molar-refractivity contribution in [1.82, 2.24) is 0 Å². The fourth-order valence-electron chi connectivity index (χ4n) is 5.68. The van der Waals surface area contributed by atoms with Gasteiger partial charge in [-0.25, -0.2) is 4.57 Å². The number of allylic oxidation sites excluding steroid dienone is 4. The lowest BCUT2D eigenvalue weighted by molar-refractivity contribution is -0.161. The monoisotopic (exact) mass is 729 g/mol. The molecule has 0 bridgehead atoms. The Balaban J connectivity index is 4.13. The van der Waals surface area contributed by atoms with Gasteiger partial charge in [0.15, 0.2) is 6.10 Å². The number of hydrogen-bond donors (Lipinski definition) is 1.